The number of nitrogens with zero attached hydrogens (tertiary/aromatic N) is 1. The SMILES string of the molecule is O=C(NC1CCC(F)(S(=O)(=O)c2cccc(C(F)(F)F)c2)CC1)c1nocc1C1CC1. The van der Waals surface area contributed by atoms with Gasteiger partial charge < -0.3 is 9.84 Å². The zero-order valence-electron chi connectivity index (χ0n) is 16.3. The summed E-state index contributed by atoms with van der Waals surface area (Å²) in [7, 11) is -4.66. The summed E-state index contributed by atoms with van der Waals surface area (Å²) in [5.74, 6) is -0.220. The fourth-order valence-electron chi connectivity index (χ4n) is 3.87. The molecule has 2 aromatic rings. The summed E-state index contributed by atoms with van der Waals surface area (Å²) < 4.78 is 84.6. The van der Waals surface area contributed by atoms with E-state index in [2.05, 4.69) is 10.5 Å². The van der Waals surface area contributed by atoms with Crippen molar-refractivity contribution in [3.05, 3.63) is 47.3 Å². The maximum atomic E-state index is 15.4. The average molecular weight is 460 g/mol. The molecule has 168 valence electrons. The van der Waals surface area contributed by atoms with E-state index < -0.39 is 56.3 Å². The molecule has 1 aromatic heterocycles. The van der Waals surface area contributed by atoms with Crippen molar-refractivity contribution in [1.29, 1.82) is 0 Å². The van der Waals surface area contributed by atoms with Gasteiger partial charge in [-0.1, -0.05) is 11.2 Å². The molecular formula is C20H20F4N2O4S. The van der Waals surface area contributed by atoms with Crippen LogP contribution in [-0.4, -0.2) is 30.5 Å². The number of alkyl halides is 4. The van der Waals surface area contributed by atoms with E-state index in [4.69, 9.17) is 4.52 Å². The predicted molar refractivity (Wildman–Crippen MR) is 101 cm³/mol. The number of rotatable bonds is 5. The first-order chi connectivity index (χ1) is 14.5. The molecule has 1 amide bonds. The van der Waals surface area contributed by atoms with Crippen molar-refractivity contribution >= 4 is 15.7 Å². The molecule has 6 nitrogen and oxygen atoms in total. The lowest BCUT2D eigenvalue weighted by Gasteiger charge is -2.33. The van der Waals surface area contributed by atoms with E-state index in [1.807, 2.05) is 0 Å². The molecule has 11 heteroatoms. The van der Waals surface area contributed by atoms with Crippen molar-refractivity contribution in [3.63, 3.8) is 0 Å². The maximum Gasteiger partial charge on any atom is 0.416 e. The van der Waals surface area contributed by atoms with E-state index in [1.54, 1.807) is 0 Å². The molecule has 1 N–H and O–H groups in total. The topological polar surface area (TPSA) is 89.3 Å². The fraction of sp³-hybridized carbons (Fsp3) is 0.500. The number of hydrogen-bond donors (Lipinski definition) is 1. The van der Waals surface area contributed by atoms with Gasteiger partial charge in [-0.15, -0.1) is 0 Å². The highest BCUT2D eigenvalue weighted by Crippen LogP contribution is 2.43. The lowest BCUT2D eigenvalue weighted by atomic mass is 9.93. The third kappa shape index (κ3) is 4.19. The van der Waals surface area contributed by atoms with Crippen molar-refractivity contribution < 1.29 is 35.3 Å². The van der Waals surface area contributed by atoms with Crippen LogP contribution in [0.3, 0.4) is 0 Å². The van der Waals surface area contributed by atoms with Crippen LogP contribution in [0, 0.1) is 0 Å². The van der Waals surface area contributed by atoms with Crippen LogP contribution in [0.1, 0.15) is 66.1 Å². The summed E-state index contributed by atoms with van der Waals surface area (Å²) in [5, 5.41) is 3.76. The first kappa shape index (κ1) is 21.8. The normalized spacial score (nSPS) is 24.7. The van der Waals surface area contributed by atoms with Crippen molar-refractivity contribution in [2.75, 3.05) is 0 Å². The Balaban J connectivity index is 1.44. The molecule has 0 radical (unpaired) electrons. The zero-order chi connectivity index (χ0) is 22.4. The minimum Gasteiger partial charge on any atom is -0.364 e. The van der Waals surface area contributed by atoms with Crippen LogP contribution in [0.25, 0.3) is 0 Å². The molecule has 0 aliphatic heterocycles. The molecule has 2 aliphatic carbocycles. The van der Waals surface area contributed by atoms with Crippen LogP contribution in [0.5, 0.6) is 0 Å². The van der Waals surface area contributed by atoms with Crippen molar-refractivity contribution in [1.82, 2.24) is 10.5 Å². The Morgan fingerprint density at radius 3 is 2.45 bits per heavy atom. The van der Waals surface area contributed by atoms with E-state index in [-0.39, 0.29) is 24.5 Å². The lowest BCUT2D eigenvalue weighted by molar-refractivity contribution is -0.137. The monoisotopic (exact) mass is 460 g/mol. The quantitative estimate of drug-likeness (QED) is 0.669. The summed E-state index contributed by atoms with van der Waals surface area (Å²) in [6.45, 7) is 0. The molecule has 0 saturated heterocycles. The van der Waals surface area contributed by atoms with E-state index in [0.29, 0.717) is 6.07 Å². The number of carbonyl (C=O) groups excluding carboxylic acids is 1. The average Bonchev–Trinajstić information content (AvgIpc) is 3.45. The Kier molecular flexibility index (Phi) is 5.35. The van der Waals surface area contributed by atoms with Gasteiger partial charge in [-0.3, -0.25) is 4.79 Å². The molecule has 1 heterocycles. The standard InChI is InChI=1S/C20H20F4N2O4S/c21-19(31(28,29)15-3-1-2-13(10-15)20(22,23)24)8-6-14(7-9-19)25-18(27)17-16(11-30-26-17)12-4-5-12/h1-3,10-12,14H,4-9H2,(H,25,27). The molecule has 0 atom stereocenters. The third-order valence-electron chi connectivity index (χ3n) is 5.85. The van der Waals surface area contributed by atoms with Gasteiger partial charge in [0.05, 0.1) is 10.5 Å². The van der Waals surface area contributed by atoms with Gasteiger partial charge >= 0.3 is 6.18 Å². The number of aromatic nitrogens is 1. The second-order valence-electron chi connectivity index (χ2n) is 8.05. The van der Waals surface area contributed by atoms with Crippen molar-refractivity contribution in [3.8, 4) is 0 Å². The highest BCUT2D eigenvalue weighted by atomic mass is 32.2. The van der Waals surface area contributed by atoms with E-state index in [9.17, 15) is 26.4 Å². The van der Waals surface area contributed by atoms with E-state index in [0.717, 1.165) is 36.6 Å². The number of amides is 1. The van der Waals surface area contributed by atoms with Crippen molar-refractivity contribution in [2.45, 2.75) is 66.6 Å². The fourth-order valence-corrected chi connectivity index (χ4v) is 5.60. The van der Waals surface area contributed by atoms with Gasteiger partial charge in [0.1, 0.15) is 6.26 Å². The van der Waals surface area contributed by atoms with Crippen LogP contribution in [-0.2, 0) is 16.0 Å². The van der Waals surface area contributed by atoms with E-state index in [1.165, 1.54) is 6.26 Å². The number of nitrogens with one attached hydrogen (secondary N) is 1. The first-order valence-corrected chi connectivity index (χ1v) is 11.4. The summed E-state index contributed by atoms with van der Waals surface area (Å²) in [4.78, 5) is 11.8. The Bertz CT molecular complexity index is 1080. The molecule has 2 saturated carbocycles. The van der Waals surface area contributed by atoms with Crippen LogP contribution < -0.4 is 5.32 Å². The summed E-state index contributed by atoms with van der Waals surface area (Å²) in [5.41, 5.74) is -0.256. The molecule has 31 heavy (non-hydrogen) atoms. The molecule has 2 aliphatic rings. The molecule has 4 rings (SSSR count). The Labute approximate surface area is 175 Å². The van der Waals surface area contributed by atoms with E-state index >= 15 is 4.39 Å². The third-order valence-corrected chi connectivity index (χ3v) is 8.10. The highest BCUT2D eigenvalue weighted by Gasteiger charge is 2.48. The summed E-state index contributed by atoms with van der Waals surface area (Å²) in [6.07, 6.45) is -2.24. The van der Waals surface area contributed by atoms with Crippen LogP contribution in [0.15, 0.2) is 39.9 Å². The number of halogens is 4. The van der Waals surface area contributed by atoms with Crippen LogP contribution >= 0.6 is 0 Å². The smallest absolute Gasteiger partial charge is 0.364 e. The first-order valence-electron chi connectivity index (χ1n) is 9.87. The molecule has 1 aromatic carbocycles. The van der Waals surface area contributed by atoms with Crippen LogP contribution in [0.2, 0.25) is 0 Å². The number of sulfone groups is 1. The van der Waals surface area contributed by atoms with Gasteiger partial charge in [0, 0.05) is 11.6 Å². The minimum atomic E-state index is -4.74. The van der Waals surface area contributed by atoms with Crippen molar-refractivity contribution in [2.24, 2.45) is 0 Å². The summed E-state index contributed by atoms with van der Waals surface area (Å²) in [6, 6.07) is 2.62. The molecular weight excluding hydrogens is 440 g/mol. The second-order valence-corrected chi connectivity index (χ2v) is 10.3. The van der Waals surface area contributed by atoms with Gasteiger partial charge in [-0.25, -0.2) is 12.8 Å². The lowest BCUT2D eigenvalue weighted by Crippen LogP contribution is -2.45. The van der Waals surface area contributed by atoms with Gasteiger partial charge in [0.15, 0.2) is 5.69 Å². The number of carbonyl (C=O) groups is 1. The van der Waals surface area contributed by atoms with Gasteiger partial charge in [-0.05, 0) is 62.6 Å². The Hall–Kier alpha value is -2.43. The molecule has 0 bridgehead atoms. The Morgan fingerprint density at radius 2 is 1.84 bits per heavy atom. The van der Waals surface area contributed by atoms with Gasteiger partial charge in [0.2, 0.25) is 14.8 Å². The molecule has 0 spiro atoms. The number of hydrogen-bond acceptors (Lipinski definition) is 5. The maximum absolute atomic E-state index is 15.4. The Morgan fingerprint density at radius 1 is 1.16 bits per heavy atom. The highest BCUT2D eigenvalue weighted by molar-refractivity contribution is 7.92. The minimum absolute atomic E-state index is 0.0248. The summed E-state index contributed by atoms with van der Waals surface area (Å²) >= 11 is 0. The predicted octanol–water partition coefficient (Wildman–Crippen LogP) is 4.38. The van der Waals surface area contributed by atoms with Gasteiger partial charge in [0.25, 0.3) is 5.91 Å². The second kappa shape index (κ2) is 7.61. The number of benzene rings is 1. The zero-order valence-corrected chi connectivity index (χ0v) is 17.1. The molecule has 0 unspecified atom stereocenters. The van der Waals surface area contributed by atoms with Crippen LogP contribution in [0.4, 0.5) is 17.6 Å². The largest absolute Gasteiger partial charge is 0.416 e. The molecule has 2 fully saturated rings. The van der Waals surface area contributed by atoms with Gasteiger partial charge in [-0.2, -0.15) is 13.2 Å².